The van der Waals surface area contributed by atoms with E-state index in [0.717, 1.165) is 0 Å². The quantitative estimate of drug-likeness (QED) is 0.645. The molecule has 0 heterocycles. The van der Waals surface area contributed by atoms with E-state index >= 15 is 0 Å². The van der Waals surface area contributed by atoms with Crippen molar-refractivity contribution in [3.63, 3.8) is 0 Å². The summed E-state index contributed by atoms with van der Waals surface area (Å²) in [6, 6.07) is -0.701. The highest BCUT2D eigenvalue weighted by atomic mass is 16.4. The Hall–Kier alpha value is -0.570. The predicted molar refractivity (Wildman–Crippen MR) is 44.2 cm³/mol. The molecule has 0 rings (SSSR count). The molecule has 0 fully saturated rings. The van der Waals surface area contributed by atoms with Crippen molar-refractivity contribution in [1.82, 2.24) is 0 Å². The second-order valence-corrected chi connectivity index (χ2v) is 3.40. The fraction of sp³-hybridized carbons (Fsp3) is 0.875. The first-order valence-electron chi connectivity index (χ1n) is 3.93. The zero-order valence-electron chi connectivity index (χ0n) is 7.37. The van der Waals surface area contributed by atoms with E-state index in [0.29, 0.717) is 18.3 Å². The Morgan fingerprint density at radius 2 is 1.91 bits per heavy atom. The molecule has 3 N–H and O–H groups in total. The van der Waals surface area contributed by atoms with Crippen LogP contribution >= 0.6 is 0 Å². The van der Waals surface area contributed by atoms with Crippen molar-refractivity contribution in [2.45, 2.75) is 33.2 Å². The summed E-state index contributed by atoms with van der Waals surface area (Å²) in [7, 11) is 0. The van der Waals surface area contributed by atoms with Crippen LogP contribution in [-0.4, -0.2) is 17.1 Å². The number of carbonyl (C=O) groups is 1. The second kappa shape index (κ2) is 4.34. The summed E-state index contributed by atoms with van der Waals surface area (Å²) < 4.78 is 0. The van der Waals surface area contributed by atoms with E-state index in [1.165, 1.54) is 0 Å². The molecule has 0 bridgehead atoms. The first kappa shape index (κ1) is 10.4. The molecule has 2 atom stereocenters. The normalized spacial score (nSPS) is 16.5. The predicted octanol–water partition coefficient (Wildman–Crippen LogP) is 1.08. The third-order valence-corrected chi connectivity index (χ3v) is 2.08. The molecule has 0 aromatic heterocycles. The van der Waals surface area contributed by atoms with Crippen molar-refractivity contribution in [3.8, 4) is 0 Å². The lowest BCUT2D eigenvalue weighted by Gasteiger charge is -2.17. The molecular weight excluding hydrogens is 142 g/mol. The lowest BCUT2D eigenvalue weighted by atomic mass is 9.91. The zero-order chi connectivity index (χ0) is 9.02. The molecule has 0 aromatic rings. The highest BCUT2D eigenvalue weighted by Crippen LogP contribution is 2.14. The Balaban J connectivity index is 3.75. The number of hydrogen-bond acceptors (Lipinski definition) is 2. The van der Waals surface area contributed by atoms with Gasteiger partial charge in [0.2, 0.25) is 0 Å². The van der Waals surface area contributed by atoms with Gasteiger partial charge in [-0.05, 0) is 18.3 Å². The van der Waals surface area contributed by atoms with Crippen molar-refractivity contribution in [2.24, 2.45) is 17.6 Å². The van der Waals surface area contributed by atoms with E-state index in [1.807, 2.05) is 6.92 Å². The van der Waals surface area contributed by atoms with E-state index in [4.69, 9.17) is 10.8 Å². The monoisotopic (exact) mass is 159 g/mol. The van der Waals surface area contributed by atoms with Crippen LogP contribution in [0.3, 0.4) is 0 Å². The Kier molecular flexibility index (Phi) is 4.11. The van der Waals surface area contributed by atoms with E-state index in [-0.39, 0.29) is 0 Å². The SMILES string of the molecule is CC(C)[C@@H](C)CC(N)C(=O)O. The van der Waals surface area contributed by atoms with Gasteiger partial charge in [-0.15, -0.1) is 0 Å². The molecule has 0 aromatic carbocycles. The van der Waals surface area contributed by atoms with Gasteiger partial charge in [-0.3, -0.25) is 4.79 Å². The molecule has 0 amide bonds. The topological polar surface area (TPSA) is 63.3 Å². The maximum absolute atomic E-state index is 10.3. The number of aliphatic carboxylic acids is 1. The van der Waals surface area contributed by atoms with E-state index in [9.17, 15) is 4.79 Å². The standard InChI is InChI=1S/C8H17NO2/c1-5(2)6(3)4-7(9)8(10)11/h5-7H,4,9H2,1-3H3,(H,10,11)/t6-,7?/m0/s1. The van der Waals surface area contributed by atoms with Crippen molar-refractivity contribution >= 4 is 5.97 Å². The minimum atomic E-state index is -0.905. The van der Waals surface area contributed by atoms with Gasteiger partial charge < -0.3 is 10.8 Å². The first-order chi connectivity index (χ1) is 4.95. The molecule has 0 aliphatic heterocycles. The third kappa shape index (κ3) is 3.98. The van der Waals surface area contributed by atoms with Gasteiger partial charge in [-0.25, -0.2) is 0 Å². The van der Waals surface area contributed by atoms with Crippen molar-refractivity contribution < 1.29 is 9.90 Å². The minimum Gasteiger partial charge on any atom is -0.480 e. The lowest BCUT2D eigenvalue weighted by molar-refractivity contribution is -0.139. The van der Waals surface area contributed by atoms with Crippen LogP contribution in [0.4, 0.5) is 0 Å². The van der Waals surface area contributed by atoms with Crippen LogP contribution in [0.2, 0.25) is 0 Å². The van der Waals surface area contributed by atoms with Crippen LogP contribution < -0.4 is 5.73 Å². The molecule has 0 saturated heterocycles. The molecule has 0 aliphatic rings. The van der Waals surface area contributed by atoms with Gasteiger partial charge in [0.25, 0.3) is 0 Å². The fourth-order valence-electron chi connectivity index (χ4n) is 0.774. The number of rotatable bonds is 4. The molecule has 3 nitrogen and oxygen atoms in total. The molecule has 3 heteroatoms. The average molecular weight is 159 g/mol. The summed E-state index contributed by atoms with van der Waals surface area (Å²) in [5, 5.41) is 8.49. The molecule has 11 heavy (non-hydrogen) atoms. The number of carboxylic acid groups (broad SMARTS) is 1. The van der Waals surface area contributed by atoms with Gasteiger partial charge >= 0.3 is 5.97 Å². The van der Waals surface area contributed by atoms with Crippen molar-refractivity contribution in [2.75, 3.05) is 0 Å². The molecule has 66 valence electrons. The highest BCUT2D eigenvalue weighted by molar-refractivity contribution is 5.72. The number of hydrogen-bond donors (Lipinski definition) is 2. The molecular formula is C8H17NO2. The minimum absolute atomic E-state index is 0.376. The fourth-order valence-corrected chi connectivity index (χ4v) is 0.774. The Morgan fingerprint density at radius 3 is 2.18 bits per heavy atom. The number of carboxylic acids is 1. The van der Waals surface area contributed by atoms with Crippen LogP contribution in [0.5, 0.6) is 0 Å². The van der Waals surface area contributed by atoms with Gasteiger partial charge in [0.15, 0.2) is 0 Å². The Bertz CT molecular complexity index is 134. The van der Waals surface area contributed by atoms with Crippen molar-refractivity contribution in [3.05, 3.63) is 0 Å². The summed E-state index contributed by atoms with van der Waals surface area (Å²) in [6.45, 7) is 6.16. The van der Waals surface area contributed by atoms with E-state index < -0.39 is 12.0 Å². The van der Waals surface area contributed by atoms with Gasteiger partial charge in [-0.2, -0.15) is 0 Å². The highest BCUT2D eigenvalue weighted by Gasteiger charge is 2.17. The smallest absolute Gasteiger partial charge is 0.320 e. The summed E-state index contributed by atoms with van der Waals surface area (Å²) >= 11 is 0. The van der Waals surface area contributed by atoms with Crippen LogP contribution in [-0.2, 0) is 4.79 Å². The largest absolute Gasteiger partial charge is 0.480 e. The summed E-state index contributed by atoms with van der Waals surface area (Å²) in [6.07, 6.45) is 0.562. The second-order valence-electron chi connectivity index (χ2n) is 3.40. The Morgan fingerprint density at radius 1 is 1.45 bits per heavy atom. The molecule has 0 spiro atoms. The van der Waals surface area contributed by atoms with E-state index in [1.54, 1.807) is 0 Å². The molecule has 0 saturated carbocycles. The first-order valence-corrected chi connectivity index (χ1v) is 3.93. The zero-order valence-corrected chi connectivity index (χ0v) is 7.37. The maximum atomic E-state index is 10.3. The van der Waals surface area contributed by atoms with Gasteiger partial charge in [0, 0.05) is 0 Å². The Labute approximate surface area is 67.6 Å². The van der Waals surface area contributed by atoms with Crippen LogP contribution in [0.25, 0.3) is 0 Å². The van der Waals surface area contributed by atoms with Gasteiger partial charge in [0.1, 0.15) is 6.04 Å². The maximum Gasteiger partial charge on any atom is 0.320 e. The van der Waals surface area contributed by atoms with Crippen molar-refractivity contribution in [1.29, 1.82) is 0 Å². The van der Waals surface area contributed by atoms with Crippen LogP contribution in [0.15, 0.2) is 0 Å². The summed E-state index contributed by atoms with van der Waals surface area (Å²) in [5.41, 5.74) is 5.36. The molecule has 1 unspecified atom stereocenters. The molecule has 0 aliphatic carbocycles. The van der Waals surface area contributed by atoms with Gasteiger partial charge in [-0.1, -0.05) is 20.8 Å². The average Bonchev–Trinajstić information content (AvgIpc) is 1.87. The van der Waals surface area contributed by atoms with Crippen LogP contribution in [0, 0.1) is 11.8 Å². The molecule has 0 radical (unpaired) electrons. The summed E-state index contributed by atoms with van der Waals surface area (Å²) in [5.74, 6) is -0.0287. The lowest BCUT2D eigenvalue weighted by Crippen LogP contribution is -2.32. The third-order valence-electron chi connectivity index (χ3n) is 2.08. The van der Waals surface area contributed by atoms with Gasteiger partial charge in [0.05, 0.1) is 0 Å². The van der Waals surface area contributed by atoms with Crippen LogP contribution in [0.1, 0.15) is 27.2 Å². The van der Waals surface area contributed by atoms with E-state index in [2.05, 4.69) is 13.8 Å². The number of nitrogens with two attached hydrogens (primary N) is 1. The summed E-state index contributed by atoms with van der Waals surface area (Å²) in [4.78, 5) is 10.3.